The number of aromatic amines is 1. The number of aromatic nitrogens is 3. The van der Waals surface area contributed by atoms with E-state index in [1.54, 1.807) is 13.8 Å². The van der Waals surface area contributed by atoms with Crippen LogP contribution in [0.3, 0.4) is 0 Å². The number of nitrogens with zero attached hydrogens (tertiary/aromatic N) is 2. The van der Waals surface area contributed by atoms with Crippen LogP contribution in [0.25, 0.3) is 0 Å². The van der Waals surface area contributed by atoms with E-state index in [0.29, 0.717) is 16.8 Å². The van der Waals surface area contributed by atoms with Crippen molar-refractivity contribution in [1.29, 1.82) is 0 Å². The van der Waals surface area contributed by atoms with E-state index in [-0.39, 0.29) is 17.2 Å². The highest BCUT2D eigenvalue weighted by Gasteiger charge is 2.26. The van der Waals surface area contributed by atoms with E-state index in [2.05, 4.69) is 15.0 Å². The van der Waals surface area contributed by atoms with Gasteiger partial charge in [-0.25, -0.2) is 9.78 Å². The molecule has 120 valence electrons. The van der Waals surface area contributed by atoms with E-state index in [1.807, 2.05) is 0 Å². The number of aryl methyl sites for hydroxylation is 1. The number of rotatable bonds is 5. The minimum Gasteiger partial charge on any atom is -0.449 e. The van der Waals surface area contributed by atoms with Crippen molar-refractivity contribution in [2.75, 3.05) is 0 Å². The topological polar surface area (TPSA) is 102 Å². The van der Waals surface area contributed by atoms with Crippen LogP contribution >= 0.6 is 0 Å². The zero-order valence-electron chi connectivity index (χ0n) is 13.3. The first-order chi connectivity index (χ1) is 10.8. The van der Waals surface area contributed by atoms with Gasteiger partial charge in [0.15, 0.2) is 17.6 Å². The zero-order valence-corrected chi connectivity index (χ0v) is 13.3. The highest BCUT2D eigenvalue weighted by molar-refractivity contribution is 6.05. The van der Waals surface area contributed by atoms with Crippen molar-refractivity contribution in [3.8, 4) is 0 Å². The van der Waals surface area contributed by atoms with Crippen molar-refractivity contribution in [1.82, 2.24) is 15.0 Å². The first-order valence-electron chi connectivity index (χ1n) is 7.04. The molecule has 0 aliphatic rings. The number of esters is 1. The number of nitrogens with one attached hydrogen (secondary N) is 1. The van der Waals surface area contributed by atoms with Crippen LogP contribution in [0, 0.1) is 13.8 Å². The van der Waals surface area contributed by atoms with Gasteiger partial charge in [0, 0.05) is 23.7 Å². The summed E-state index contributed by atoms with van der Waals surface area (Å²) in [5.74, 6) is -1.26. The van der Waals surface area contributed by atoms with Gasteiger partial charge in [-0.15, -0.1) is 0 Å². The third-order valence-electron chi connectivity index (χ3n) is 3.46. The Bertz CT molecular complexity index is 765. The molecule has 23 heavy (non-hydrogen) atoms. The first kappa shape index (κ1) is 16.5. The van der Waals surface area contributed by atoms with Crippen LogP contribution in [0.2, 0.25) is 0 Å². The summed E-state index contributed by atoms with van der Waals surface area (Å²) >= 11 is 0. The molecule has 1 N–H and O–H groups in total. The molecule has 0 aliphatic carbocycles. The molecule has 1 atom stereocenters. The van der Waals surface area contributed by atoms with E-state index in [9.17, 15) is 14.4 Å². The molecule has 2 aromatic rings. The fourth-order valence-corrected chi connectivity index (χ4v) is 2.41. The van der Waals surface area contributed by atoms with Gasteiger partial charge in [0.05, 0.1) is 11.9 Å². The second kappa shape index (κ2) is 6.51. The quantitative estimate of drug-likeness (QED) is 0.669. The molecule has 0 saturated heterocycles. The maximum absolute atomic E-state index is 12.5. The van der Waals surface area contributed by atoms with E-state index in [0.717, 1.165) is 0 Å². The summed E-state index contributed by atoms with van der Waals surface area (Å²) in [5.41, 5.74) is 1.96. The lowest BCUT2D eigenvalue weighted by molar-refractivity contribution is 0.0310. The van der Waals surface area contributed by atoms with E-state index < -0.39 is 17.9 Å². The first-order valence-corrected chi connectivity index (χ1v) is 7.04. The summed E-state index contributed by atoms with van der Waals surface area (Å²) < 4.78 is 5.12. The van der Waals surface area contributed by atoms with Crippen molar-refractivity contribution in [2.24, 2.45) is 0 Å². The Morgan fingerprint density at radius 1 is 1.22 bits per heavy atom. The van der Waals surface area contributed by atoms with Crippen molar-refractivity contribution >= 4 is 17.5 Å². The molecule has 0 amide bonds. The lowest BCUT2D eigenvalue weighted by atomic mass is 10.0. The normalized spacial score (nSPS) is 11.8. The van der Waals surface area contributed by atoms with Crippen LogP contribution < -0.4 is 0 Å². The van der Waals surface area contributed by atoms with Crippen LogP contribution in [0.15, 0.2) is 18.6 Å². The van der Waals surface area contributed by atoms with Crippen molar-refractivity contribution in [2.45, 2.75) is 33.8 Å². The van der Waals surface area contributed by atoms with Gasteiger partial charge in [-0.3, -0.25) is 14.6 Å². The Morgan fingerprint density at radius 2 is 1.91 bits per heavy atom. The molecule has 0 aromatic carbocycles. The Morgan fingerprint density at radius 3 is 2.43 bits per heavy atom. The largest absolute Gasteiger partial charge is 0.449 e. The Hall–Kier alpha value is -2.83. The van der Waals surface area contributed by atoms with Crippen LogP contribution in [0.1, 0.15) is 56.4 Å². The molecule has 2 aromatic heterocycles. The van der Waals surface area contributed by atoms with Crippen LogP contribution in [0.4, 0.5) is 0 Å². The third-order valence-corrected chi connectivity index (χ3v) is 3.46. The summed E-state index contributed by atoms with van der Waals surface area (Å²) in [6.45, 7) is 6.32. The van der Waals surface area contributed by atoms with E-state index >= 15 is 0 Å². The summed E-state index contributed by atoms with van der Waals surface area (Å²) in [6.07, 6.45) is 3.04. The fraction of sp³-hybridized carbons (Fsp3) is 0.312. The van der Waals surface area contributed by atoms with Gasteiger partial charge in [0.2, 0.25) is 5.78 Å². The number of hydrogen-bond donors (Lipinski definition) is 1. The zero-order chi connectivity index (χ0) is 17.1. The molecular weight excluding hydrogens is 298 g/mol. The summed E-state index contributed by atoms with van der Waals surface area (Å²) in [5, 5.41) is 0. The predicted octanol–water partition coefficient (Wildman–Crippen LogP) is 2.05. The van der Waals surface area contributed by atoms with Gasteiger partial charge >= 0.3 is 5.97 Å². The standard InChI is InChI=1S/C16H17N3O4/c1-8-13(10(3)20)9(2)19-14(8)15(21)11(4)23-16(22)12-7-17-5-6-18-12/h5-7,11,19H,1-4H3/t11-/m0/s1. The maximum atomic E-state index is 12.5. The smallest absolute Gasteiger partial charge is 0.359 e. The van der Waals surface area contributed by atoms with E-state index in [4.69, 9.17) is 4.74 Å². The van der Waals surface area contributed by atoms with Crippen molar-refractivity contribution < 1.29 is 19.1 Å². The van der Waals surface area contributed by atoms with Gasteiger partial charge in [0.1, 0.15) is 0 Å². The number of carbonyl (C=O) groups excluding carboxylic acids is 3. The van der Waals surface area contributed by atoms with Crippen LogP contribution in [-0.2, 0) is 4.74 Å². The number of H-pyrrole nitrogens is 1. The van der Waals surface area contributed by atoms with Crippen molar-refractivity contribution in [3.63, 3.8) is 0 Å². The summed E-state index contributed by atoms with van der Waals surface area (Å²) in [7, 11) is 0. The minimum atomic E-state index is -1.01. The second-order valence-corrected chi connectivity index (χ2v) is 5.18. The van der Waals surface area contributed by atoms with Crippen molar-refractivity contribution in [3.05, 3.63) is 46.8 Å². The lowest BCUT2D eigenvalue weighted by Crippen LogP contribution is -2.25. The molecule has 2 rings (SSSR count). The summed E-state index contributed by atoms with van der Waals surface area (Å²) in [4.78, 5) is 46.5. The molecule has 7 nitrogen and oxygen atoms in total. The van der Waals surface area contributed by atoms with E-state index in [1.165, 1.54) is 32.4 Å². The number of ether oxygens (including phenoxy) is 1. The monoisotopic (exact) mass is 315 g/mol. The van der Waals surface area contributed by atoms with Gasteiger partial charge in [0.25, 0.3) is 0 Å². The molecule has 0 bridgehead atoms. The molecule has 0 radical (unpaired) electrons. The van der Waals surface area contributed by atoms with Crippen LogP contribution in [-0.4, -0.2) is 38.6 Å². The average Bonchev–Trinajstić information content (AvgIpc) is 2.82. The molecule has 0 unspecified atom stereocenters. The molecule has 0 spiro atoms. The molecule has 0 fully saturated rings. The molecule has 2 heterocycles. The Kier molecular flexibility index (Phi) is 4.68. The second-order valence-electron chi connectivity index (χ2n) is 5.18. The number of carbonyl (C=O) groups is 3. The van der Waals surface area contributed by atoms with Gasteiger partial charge < -0.3 is 9.72 Å². The third kappa shape index (κ3) is 3.33. The van der Waals surface area contributed by atoms with Gasteiger partial charge in [-0.1, -0.05) is 0 Å². The molecule has 7 heteroatoms. The molecule has 0 saturated carbocycles. The minimum absolute atomic E-state index is 0.0240. The van der Waals surface area contributed by atoms with Gasteiger partial charge in [-0.2, -0.15) is 0 Å². The number of ketones is 2. The molecular formula is C16H17N3O4. The lowest BCUT2D eigenvalue weighted by Gasteiger charge is -2.11. The highest BCUT2D eigenvalue weighted by atomic mass is 16.5. The fourth-order valence-electron chi connectivity index (χ4n) is 2.41. The number of Topliss-reactive ketones (excluding diaryl/α,β-unsaturated/α-hetero) is 2. The SMILES string of the molecule is CC(=O)c1c(C)[nH]c(C(=O)[C@H](C)OC(=O)c2cnccn2)c1C. The molecule has 0 aliphatic heterocycles. The Balaban J connectivity index is 2.19. The van der Waals surface area contributed by atoms with Gasteiger partial charge in [-0.05, 0) is 33.3 Å². The Labute approximate surface area is 133 Å². The predicted molar refractivity (Wildman–Crippen MR) is 81.5 cm³/mol. The average molecular weight is 315 g/mol. The number of hydrogen-bond acceptors (Lipinski definition) is 6. The van der Waals surface area contributed by atoms with Crippen LogP contribution in [0.5, 0.6) is 0 Å². The maximum Gasteiger partial charge on any atom is 0.359 e. The highest BCUT2D eigenvalue weighted by Crippen LogP contribution is 2.20. The summed E-state index contributed by atoms with van der Waals surface area (Å²) in [6, 6.07) is 0.